The summed E-state index contributed by atoms with van der Waals surface area (Å²) in [7, 11) is 0. The molecule has 1 aliphatic heterocycles. The predicted octanol–water partition coefficient (Wildman–Crippen LogP) is 4.00. The van der Waals surface area contributed by atoms with Gasteiger partial charge in [0.25, 0.3) is 0 Å². The van der Waals surface area contributed by atoms with Crippen LogP contribution in [0.1, 0.15) is 72.1 Å². The highest BCUT2D eigenvalue weighted by molar-refractivity contribution is 14.1. The highest BCUT2D eigenvalue weighted by atomic mass is 127. The molecule has 7 fully saturated rings. The van der Waals surface area contributed by atoms with Gasteiger partial charge < -0.3 is 18.9 Å². The molecule has 7 unspecified atom stereocenters. The molecule has 7 atom stereocenters. The third-order valence-electron chi connectivity index (χ3n) is 10.9. The van der Waals surface area contributed by atoms with Crippen molar-refractivity contribution < 1.29 is 38.1 Å². The largest absolute Gasteiger partial charge is 0.458 e. The molecule has 1 heterocycles. The lowest BCUT2D eigenvalue weighted by atomic mass is 9.49. The van der Waals surface area contributed by atoms with Crippen LogP contribution in [0.2, 0.25) is 0 Å². The van der Waals surface area contributed by atoms with Gasteiger partial charge in [0.15, 0.2) is 6.61 Å². The molecular weight excluding hydrogens is 591 g/mol. The van der Waals surface area contributed by atoms with Crippen LogP contribution in [0.25, 0.3) is 0 Å². The third kappa shape index (κ3) is 3.94. The van der Waals surface area contributed by atoms with Crippen LogP contribution in [-0.2, 0) is 38.1 Å². The van der Waals surface area contributed by atoms with E-state index in [9.17, 15) is 19.2 Å². The first-order valence-electron chi connectivity index (χ1n) is 14.1. The smallest absolute Gasteiger partial charge is 0.344 e. The molecule has 7 rings (SSSR count). The molecule has 37 heavy (non-hydrogen) atoms. The SMILES string of the molecule is CCC(C)(I)C(=O)OCC(=O)OC1C2CC3C1OC(=O)C3C2C(=O)OC1(CC)C2CC3CC(C2)CC1C3. The topological polar surface area (TPSA) is 105 Å². The number of rotatable bonds is 8. The van der Waals surface area contributed by atoms with E-state index in [4.69, 9.17) is 18.9 Å². The maximum atomic E-state index is 13.9. The van der Waals surface area contributed by atoms with Gasteiger partial charge in [0.1, 0.15) is 21.2 Å². The fraction of sp³-hybridized carbons (Fsp3) is 0.857. The van der Waals surface area contributed by atoms with Crippen molar-refractivity contribution in [3.05, 3.63) is 0 Å². The number of esters is 4. The van der Waals surface area contributed by atoms with Crippen LogP contribution >= 0.6 is 22.6 Å². The van der Waals surface area contributed by atoms with Gasteiger partial charge in [0, 0.05) is 11.8 Å². The van der Waals surface area contributed by atoms with E-state index in [0.717, 1.165) is 43.9 Å². The monoisotopic (exact) mass is 628 g/mol. The number of carbonyl (C=O) groups is 4. The van der Waals surface area contributed by atoms with Gasteiger partial charge in [-0.05, 0) is 82.0 Å². The molecular formula is C28H37IO8. The summed E-state index contributed by atoms with van der Waals surface area (Å²) in [4.78, 5) is 51.6. The van der Waals surface area contributed by atoms with Gasteiger partial charge in [0.2, 0.25) is 0 Å². The quantitative estimate of drug-likeness (QED) is 0.172. The Balaban J connectivity index is 1.16. The zero-order valence-electron chi connectivity index (χ0n) is 21.8. The Morgan fingerprint density at radius 2 is 1.68 bits per heavy atom. The Hall–Kier alpha value is -1.39. The Morgan fingerprint density at radius 3 is 2.27 bits per heavy atom. The van der Waals surface area contributed by atoms with E-state index in [2.05, 4.69) is 6.92 Å². The van der Waals surface area contributed by atoms with Crippen molar-refractivity contribution >= 4 is 46.5 Å². The van der Waals surface area contributed by atoms with Crippen LogP contribution in [0, 0.1) is 47.3 Å². The molecule has 1 saturated heterocycles. The molecule has 0 aromatic rings. The number of halogens is 1. The predicted molar refractivity (Wildman–Crippen MR) is 138 cm³/mol. The molecule has 6 saturated carbocycles. The van der Waals surface area contributed by atoms with Gasteiger partial charge in [-0.25, -0.2) is 4.79 Å². The second kappa shape index (κ2) is 9.08. The maximum absolute atomic E-state index is 13.9. The van der Waals surface area contributed by atoms with Crippen LogP contribution in [0.5, 0.6) is 0 Å². The van der Waals surface area contributed by atoms with E-state index in [1.54, 1.807) is 6.92 Å². The van der Waals surface area contributed by atoms with E-state index in [0.29, 0.717) is 24.7 Å². The molecule has 0 N–H and O–H groups in total. The minimum absolute atomic E-state index is 0.149. The zero-order chi connectivity index (χ0) is 26.3. The summed E-state index contributed by atoms with van der Waals surface area (Å²) in [6, 6.07) is 0. The average Bonchev–Trinajstić information content (AvgIpc) is 3.48. The standard InChI is InChI=1S/C28H37IO8/c1-4-27(3,29)26(33)34-12-19(30)35-22-18-11-17-20(24(31)36-23(17)22)21(18)25(32)37-28(5-2)15-7-13-6-14(9-15)10-16(28)8-13/h13-18,20-23H,4-12H2,1-3H3. The number of ether oxygens (including phenoxy) is 4. The highest BCUT2D eigenvalue weighted by Crippen LogP contribution is 2.63. The van der Waals surface area contributed by atoms with Crippen molar-refractivity contribution in [1.29, 1.82) is 0 Å². The first-order valence-corrected chi connectivity index (χ1v) is 15.1. The van der Waals surface area contributed by atoms with Gasteiger partial charge in [0.05, 0.1) is 11.8 Å². The Kier molecular flexibility index (Phi) is 6.35. The number of hydrogen-bond donors (Lipinski definition) is 0. The van der Waals surface area contributed by atoms with E-state index in [1.165, 1.54) is 6.42 Å². The number of alkyl halides is 1. The van der Waals surface area contributed by atoms with Crippen molar-refractivity contribution in [2.24, 2.45) is 47.3 Å². The van der Waals surface area contributed by atoms with E-state index in [-0.39, 0.29) is 23.8 Å². The lowest BCUT2D eigenvalue weighted by Gasteiger charge is -2.60. The van der Waals surface area contributed by atoms with Crippen LogP contribution in [0.15, 0.2) is 0 Å². The van der Waals surface area contributed by atoms with Crippen molar-refractivity contribution in [2.75, 3.05) is 6.61 Å². The van der Waals surface area contributed by atoms with Crippen LogP contribution in [0.3, 0.4) is 0 Å². The average molecular weight is 628 g/mol. The molecule has 0 radical (unpaired) electrons. The van der Waals surface area contributed by atoms with E-state index < -0.39 is 51.6 Å². The second-order valence-electron chi connectivity index (χ2n) is 12.6. The number of fused-ring (bicyclic) bond motifs is 1. The Morgan fingerprint density at radius 1 is 1.03 bits per heavy atom. The van der Waals surface area contributed by atoms with Gasteiger partial charge in [-0.1, -0.05) is 36.4 Å². The van der Waals surface area contributed by atoms with Crippen molar-refractivity contribution in [3.8, 4) is 0 Å². The van der Waals surface area contributed by atoms with Crippen molar-refractivity contribution in [2.45, 2.75) is 93.4 Å². The normalized spacial score (nSPS) is 45.9. The number of hydrogen-bond acceptors (Lipinski definition) is 8. The third-order valence-corrected chi connectivity index (χ3v) is 12.1. The van der Waals surface area contributed by atoms with Crippen molar-refractivity contribution in [1.82, 2.24) is 0 Å². The first kappa shape index (κ1) is 25.9. The Bertz CT molecular complexity index is 978. The maximum Gasteiger partial charge on any atom is 0.344 e. The summed E-state index contributed by atoms with van der Waals surface area (Å²) in [5.74, 6) is -1.21. The van der Waals surface area contributed by atoms with Gasteiger partial charge in [-0.15, -0.1) is 0 Å². The highest BCUT2D eigenvalue weighted by Gasteiger charge is 2.71. The fourth-order valence-corrected chi connectivity index (χ4v) is 9.28. The molecule has 6 aliphatic carbocycles. The van der Waals surface area contributed by atoms with Crippen LogP contribution < -0.4 is 0 Å². The second-order valence-corrected chi connectivity index (χ2v) is 15.0. The van der Waals surface area contributed by atoms with Crippen LogP contribution in [0.4, 0.5) is 0 Å². The molecule has 0 aromatic heterocycles. The lowest BCUT2D eigenvalue weighted by Crippen LogP contribution is -2.60. The molecule has 204 valence electrons. The lowest BCUT2D eigenvalue weighted by molar-refractivity contribution is -0.218. The molecule has 9 heteroatoms. The summed E-state index contributed by atoms with van der Waals surface area (Å²) >= 11 is 2.01. The fourth-order valence-electron chi connectivity index (χ4n) is 9.13. The summed E-state index contributed by atoms with van der Waals surface area (Å²) in [6.07, 6.45) is 6.54. The molecule has 0 amide bonds. The molecule has 7 aliphatic rings. The van der Waals surface area contributed by atoms with Gasteiger partial charge in [-0.3, -0.25) is 14.4 Å². The van der Waals surface area contributed by atoms with Crippen LogP contribution in [-0.4, -0.2) is 51.7 Å². The van der Waals surface area contributed by atoms with Gasteiger partial charge in [-0.2, -0.15) is 0 Å². The molecule has 0 aromatic carbocycles. The number of carbonyl (C=O) groups excluding carboxylic acids is 4. The summed E-state index contributed by atoms with van der Waals surface area (Å²) in [5.41, 5.74) is -0.444. The van der Waals surface area contributed by atoms with Crippen molar-refractivity contribution in [3.63, 3.8) is 0 Å². The van der Waals surface area contributed by atoms with E-state index >= 15 is 0 Å². The Labute approximate surface area is 231 Å². The summed E-state index contributed by atoms with van der Waals surface area (Å²) < 4.78 is 22.4. The van der Waals surface area contributed by atoms with E-state index in [1.807, 2.05) is 29.5 Å². The summed E-state index contributed by atoms with van der Waals surface area (Å²) in [5, 5.41) is 0. The molecule has 6 bridgehead atoms. The molecule has 8 nitrogen and oxygen atoms in total. The summed E-state index contributed by atoms with van der Waals surface area (Å²) in [6.45, 7) is 5.24. The minimum atomic E-state index is -0.722. The van der Waals surface area contributed by atoms with Gasteiger partial charge >= 0.3 is 23.9 Å². The zero-order valence-corrected chi connectivity index (χ0v) is 23.9. The first-order chi connectivity index (χ1) is 17.6. The minimum Gasteiger partial charge on any atom is -0.458 e. The molecule has 0 spiro atoms.